The Labute approximate surface area is 156 Å². The molecule has 0 aliphatic heterocycles. The first-order valence-corrected chi connectivity index (χ1v) is 9.62. The van der Waals surface area contributed by atoms with E-state index in [1.54, 1.807) is 17.8 Å². The van der Waals surface area contributed by atoms with Crippen molar-refractivity contribution in [2.75, 3.05) is 0 Å². The Morgan fingerprint density at radius 1 is 0.962 bits per heavy atom. The van der Waals surface area contributed by atoms with Gasteiger partial charge in [0.05, 0.1) is 10.5 Å². The highest BCUT2D eigenvalue weighted by molar-refractivity contribution is 7.98. The summed E-state index contributed by atoms with van der Waals surface area (Å²) in [5.41, 5.74) is 6.54. The molecule has 0 saturated heterocycles. The van der Waals surface area contributed by atoms with Crippen molar-refractivity contribution in [2.24, 2.45) is 0 Å². The van der Waals surface area contributed by atoms with Crippen molar-refractivity contribution >= 4 is 33.6 Å². The highest BCUT2D eigenvalue weighted by Crippen LogP contribution is 2.30. The van der Waals surface area contributed by atoms with E-state index in [-0.39, 0.29) is 5.56 Å². The quantitative estimate of drug-likeness (QED) is 0.505. The zero-order valence-corrected chi connectivity index (χ0v) is 15.9. The second-order valence-electron chi connectivity index (χ2n) is 6.75. The predicted octanol–water partition coefficient (Wildman–Crippen LogP) is 5.29. The fourth-order valence-electron chi connectivity index (χ4n) is 3.40. The molecule has 4 aromatic rings. The lowest BCUT2D eigenvalue weighted by molar-refractivity contribution is 1.12. The lowest BCUT2D eigenvalue weighted by Crippen LogP contribution is -2.06. The number of para-hydroxylation sites is 1. The molecule has 0 saturated carbocycles. The van der Waals surface area contributed by atoms with E-state index in [2.05, 4.69) is 50.0 Å². The maximum absolute atomic E-state index is 12.0. The number of aromatic nitrogens is 2. The van der Waals surface area contributed by atoms with Crippen molar-refractivity contribution in [3.8, 4) is 0 Å². The summed E-state index contributed by atoms with van der Waals surface area (Å²) in [7, 11) is 0. The number of hydrogen-bond acceptors (Lipinski definition) is 3. The van der Waals surface area contributed by atoms with Gasteiger partial charge in [-0.1, -0.05) is 24.3 Å². The fraction of sp³-hybridized carbons (Fsp3) is 0.182. The van der Waals surface area contributed by atoms with E-state index in [0.29, 0.717) is 5.75 Å². The van der Waals surface area contributed by atoms with Gasteiger partial charge in [-0.15, -0.1) is 11.8 Å². The van der Waals surface area contributed by atoms with Crippen molar-refractivity contribution in [1.82, 2.24) is 9.97 Å². The van der Waals surface area contributed by atoms with Crippen molar-refractivity contribution in [3.63, 3.8) is 0 Å². The minimum Gasteiger partial charge on any atom is -0.322 e. The second-order valence-corrected chi connectivity index (χ2v) is 7.72. The van der Waals surface area contributed by atoms with Gasteiger partial charge in [0.25, 0.3) is 0 Å². The number of nitrogens with zero attached hydrogens (tertiary/aromatic N) is 1. The molecule has 4 heteroatoms. The smallest absolute Gasteiger partial charge is 0.248 e. The van der Waals surface area contributed by atoms with Crippen LogP contribution in [0.4, 0.5) is 0 Å². The van der Waals surface area contributed by atoms with E-state index >= 15 is 0 Å². The Bertz CT molecular complexity index is 1190. The molecule has 2 heterocycles. The van der Waals surface area contributed by atoms with Crippen LogP contribution in [0.2, 0.25) is 0 Å². The summed E-state index contributed by atoms with van der Waals surface area (Å²) in [4.78, 5) is 19.7. The second kappa shape index (κ2) is 6.61. The Balaban J connectivity index is 1.73. The number of H-pyrrole nitrogens is 1. The molecule has 2 aromatic carbocycles. The number of aryl methyl sites for hydroxylation is 3. The molecule has 0 spiro atoms. The number of rotatable bonds is 3. The van der Waals surface area contributed by atoms with E-state index in [1.165, 1.54) is 22.1 Å². The first-order valence-electron chi connectivity index (χ1n) is 8.63. The largest absolute Gasteiger partial charge is 0.322 e. The average molecular weight is 360 g/mol. The van der Waals surface area contributed by atoms with Crippen molar-refractivity contribution in [1.29, 1.82) is 0 Å². The first-order chi connectivity index (χ1) is 12.5. The summed E-state index contributed by atoms with van der Waals surface area (Å²) in [5, 5.41) is 3.32. The molecule has 4 rings (SSSR count). The highest BCUT2D eigenvalue weighted by Gasteiger charge is 2.09. The standard InChI is InChI=1S/C22H20N2OS/c1-13-8-14(2)18-10-15(3)22(24-20(18)9-13)26-12-16-11-21(25)23-19-7-5-4-6-17(16)19/h4-11H,12H2,1-3H3,(H,23,25). The minimum absolute atomic E-state index is 0.0613. The van der Waals surface area contributed by atoms with Gasteiger partial charge in [0.2, 0.25) is 5.56 Å². The number of pyridine rings is 2. The lowest BCUT2D eigenvalue weighted by atomic mass is 10.1. The van der Waals surface area contributed by atoms with Crippen molar-refractivity contribution in [3.05, 3.63) is 81.1 Å². The van der Waals surface area contributed by atoms with E-state index < -0.39 is 0 Å². The molecule has 26 heavy (non-hydrogen) atoms. The van der Waals surface area contributed by atoms with Crippen LogP contribution in [0.1, 0.15) is 22.3 Å². The van der Waals surface area contributed by atoms with Gasteiger partial charge in [-0.25, -0.2) is 4.98 Å². The third kappa shape index (κ3) is 3.13. The molecule has 0 atom stereocenters. The molecule has 0 aliphatic rings. The van der Waals surface area contributed by atoms with E-state index in [4.69, 9.17) is 4.98 Å². The van der Waals surface area contributed by atoms with Gasteiger partial charge in [0.15, 0.2) is 0 Å². The summed E-state index contributed by atoms with van der Waals surface area (Å²) in [6.45, 7) is 6.33. The van der Waals surface area contributed by atoms with Gasteiger partial charge < -0.3 is 4.98 Å². The number of aromatic amines is 1. The summed E-state index contributed by atoms with van der Waals surface area (Å²) in [6, 6.07) is 16.2. The Morgan fingerprint density at radius 2 is 1.77 bits per heavy atom. The lowest BCUT2D eigenvalue weighted by Gasteiger charge is -2.11. The average Bonchev–Trinajstić information content (AvgIpc) is 2.60. The number of thioether (sulfide) groups is 1. The van der Waals surface area contributed by atoms with E-state index in [1.807, 2.05) is 18.2 Å². The topological polar surface area (TPSA) is 45.8 Å². The maximum atomic E-state index is 12.0. The van der Waals surface area contributed by atoms with Crippen molar-refractivity contribution in [2.45, 2.75) is 31.6 Å². The van der Waals surface area contributed by atoms with Crippen LogP contribution in [-0.4, -0.2) is 9.97 Å². The van der Waals surface area contributed by atoms with Crippen LogP contribution in [-0.2, 0) is 5.75 Å². The molecule has 0 unspecified atom stereocenters. The molecule has 130 valence electrons. The zero-order chi connectivity index (χ0) is 18.3. The molecule has 2 aromatic heterocycles. The number of hydrogen-bond donors (Lipinski definition) is 1. The van der Waals surface area contributed by atoms with Crippen LogP contribution in [0.25, 0.3) is 21.8 Å². The monoisotopic (exact) mass is 360 g/mol. The normalized spacial score (nSPS) is 11.3. The minimum atomic E-state index is -0.0613. The maximum Gasteiger partial charge on any atom is 0.248 e. The zero-order valence-electron chi connectivity index (χ0n) is 15.1. The molecule has 0 amide bonds. The van der Waals surface area contributed by atoms with Crippen LogP contribution in [0.3, 0.4) is 0 Å². The molecule has 0 bridgehead atoms. The van der Waals surface area contributed by atoms with Gasteiger partial charge >= 0.3 is 0 Å². The molecule has 0 radical (unpaired) electrons. The van der Waals surface area contributed by atoms with Gasteiger partial charge in [-0.2, -0.15) is 0 Å². The molecular formula is C22H20N2OS. The Morgan fingerprint density at radius 3 is 2.62 bits per heavy atom. The summed E-state index contributed by atoms with van der Waals surface area (Å²) < 4.78 is 0. The van der Waals surface area contributed by atoms with Gasteiger partial charge in [-0.3, -0.25) is 4.79 Å². The van der Waals surface area contributed by atoms with Crippen LogP contribution in [0.5, 0.6) is 0 Å². The van der Waals surface area contributed by atoms with Crippen molar-refractivity contribution < 1.29 is 0 Å². The fourth-order valence-corrected chi connectivity index (χ4v) is 4.38. The number of fused-ring (bicyclic) bond motifs is 2. The summed E-state index contributed by atoms with van der Waals surface area (Å²) in [6.07, 6.45) is 0. The van der Waals surface area contributed by atoms with Crippen LogP contribution < -0.4 is 5.56 Å². The molecule has 0 aliphatic carbocycles. The Kier molecular flexibility index (Phi) is 4.29. The first kappa shape index (κ1) is 16.9. The number of benzene rings is 2. The third-order valence-corrected chi connectivity index (χ3v) is 5.77. The molecule has 0 fully saturated rings. The van der Waals surface area contributed by atoms with Gasteiger partial charge in [0.1, 0.15) is 0 Å². The predicted molar refractivity (Wildman–Crippen MR) is 110 cm³/mol. The SMILES string of the molecule is Cc1cc(C)c2cc(C)c(SCc3cc(=O)[nH]c4ccccc34)nc2c1. The molecular weight excluding hydrogens is 340 g/mol. The highest BCUT2D eigenvalue weighted by atomic mass is 32.2. The van der Waals surface area contributed by atoms with Crippen LogP contribution >= 0.6 is 11.8 Å². The van der Waals surface area contributed by atoms with Gasteiger partial charge in [0, 0.05) is 28.1 Å². The van der Waals surface area contributed by atoms with Gasteiger partial charge in [-0.05, 0) is 61.2 Å². The summed E-state index contributed by atoms with van der Waals surface area (Å²) in [5.74, 6) is 0.717. The molecule has 1 N–H and O–H groups in total. The third-order valence-electron chi connectivity index (χ3n) is 4.63. The van der Waals surface area contributed by atoms with Crippen LogP contribution in [0, 0.1) is 20.8 Å². The van der Waals surface area contributed by atoms with E-state index in [9.17, 15) is 4.79 Å². The number of nitrogens with one attached hydrogen (secondary N) is 1. The van der Waals surface area contributed by atoms with E-state index in [0.717, 1.165) is 27.0 Å². The molecule has 3 nitrogen and oxygen atoms in total. The Hall–Kier alpha value is -2.59. The summed E-state index contributed by atoms with van der Waals surface area (Å²) >= 11 is 1.69. The van der Waals surface area contributed by atoms with Crippen LogP contribution in [0.15, 0.2) is 58.4 Å².